The molecule has 0 bridgehead atoms. The van der Waals surface area contributed by atoms with Crippen LogP contribution in [0.4, 0.5) is 10.1 Å². The van der Waals surface area contributed by atoms with Crippen LogP contribution in [0.3, 0.4) is 0 Å². The van der Waals surface area contributed by atoms with Gasteiger partial charge in [0.2, 0.25) is 0 Å². The molecule has 150 valence electrons. The molecular formula is C21H17FN6OS. The molecule has 0 spiro atoms. The van der Waals surface area contributed by atoms with Gasteiger partial charge in [0.25, 0.3) is 5.91 Å². The molecule has 0 fully saturated rings. The van der Waals surface area contributed by atoms with E-state index in [1.54, 1.807) is 23.4 Å². The average molecular weight is 420 g/mol. The van der Waals surface area contributed by atoms with Crippen LogP contribution in [0, 0.1) is 5.82 Å². The van der Waals surface area contributed by atoms with E-state index in [1.165, 1.54) is 24.2 Å². The number of carbonyl (C=O) groups is 1. The van der Waals surface area contributed by atoms with E-state index < -0.39 is 5.82 Å². The molecule has 0 saturated heterocycles. The van der Waals surface area contributed by atoms with Crippen molar-refractivity contribution in [2.24, 2.45) is 0 Å². The molecule has 1 aliphatic rings. The summed E-state index contributed by atoms with van der Waals surface area (Å²) in [6.45, 7) is 0.370. The van der Waals surface area contributed by atoms with E-state index in [2.05, 4.69) is 25.3 Å². The van der Waals surface area contributed by atoms with Crippen LogP contribution in [0.1, 0.15) is 15.9 Å². The fraction of sp³-hybridized carbons (Fsp3) is 0.143. The van der Waals surface area contributed by atoms with Gasteiger partial charge in [0.1, 0.15) is 28.9 Å². The monoisotopic (exact) mass is 420 g/mol. The number of hydrogen-bond donors (Lipinski definition) is 2. The number of H-pyrrole nitrogens is 1. The SMILES string of the molecule is O=C1c2c(F)cccc2NC(CSc2ncnc3nc[nH]c23)N1Cc1ccccc1. The van der Waals surface area contributed by atoms with E-state index in [0.29, 0.717) is 23.6 Å². The number of fused-ring (bicyclic) bond motifs is 2. The van der Waals surface area contributed by atoms with Crippen LogP contribution in [0.15, 0.2) is 66.2 Å². The lowest BCUT2D eigenvalue weighted by molar-refractivity contribution is 0.0681. The number of anilines is 1. The molecule has 4 aromatic rings. The number of aromatic nitrogens is 4. The largest absolute Gasteiger partial charge is 0.364 e. The minimum Gasteiger partial charge on any atom is -0.364 e. The number of nitrogens with zero attached hydrogens (tertiary/aromatic N) is 4. The first-order valence-electron chi connectivity index (χ1n) is 9.37. The highest BCUT2D eigenvalue weighted by molar-refractivity contribution is 7.99. The summed E-state index contributed by atoms with van der Waals surface area (Å²) < 4.78 is 14.4. The molecular weight excluding hydrogens is 403 g/mol. The molecule has 2 aromatic heterocycles. The lowest BCUT2D eigenvalue weighted by Crippen LogP contribution is -2.50. The number of rotatable bonds is 5. The van der Waals surface area contributed by atoms with Crippen LogP contribution < -0.4 is 5.32 Å². The number of thioether (sulfide) groups is 1. The van der Waals surface area contributed by atoms with Crippen molar-refractivity contribution >= 4 is 34.5 Å². The topological polar surface area (TPSA) is 86.8 Å². The van der Waals surface area contributed by atoms with Crippen LogP contribution >= 0.6 is 11.8 Å². The third kappa shape index (κ3) is 3.37. The third-order valence-electron chi connectivity index (χ3n) is 4.95. The summed E-state index contributed by atoms with van der Waals surface area (Å²) in [7, 11) is 0. The van der Waals surface area contributed by atoms with Gasteiger partial charge in [-0.1, -0.05) is 36.4 Å². The van der Waals surface area contributed by atoms with E-state index >= 15 is 0 Å². The fourth-order valence-corrected chi connectivity index (χ4v) is 4.50. The predicted octanol–water partition coefficient (Wildman–Crippen LogP) is 3.68. The fourth-order valence-electron chi connectivity index (χ4n) is 3.51. The Balaban J connectivity index is 1.46. The Bertz CT molecular complexity index is 1210. The summed E-state index contributed by atoms with van der Waals surface area (Å²) in [6.07, 6.45) is 2.70. The molecule has 9 heteroatoms. The Morgan fingerprint density at radius 3 is 2.80 bits per heavy atom. The Kier molecular flexibility index (Phi) is 4.80. The van der Waals surface area contributed by atoms with Crippen molar-refractivity contribution in [3.8, 4) is 0 Å². The maximum Gasteiger partial charge on any atom is 0.260 e. The van der Waals surface area contributed by atoms with Crippen molar-refractivity contribution in [3.05, 3.63) is 78.1 Å². The second kappa shape index (κ2) is 7.75. The Morgan fingerprint density at radius 1 is 1.07 bits per heavy atom. The zero-order valence-electron chi connectivity index (χ0n) is 15.7. The molecule has 2 aromatic carbocycles. The minimum absolute atomic E-state index is 0.0766. The number of halogens is 1. The van der Waals surface area contributed by atoms with Gasteiger partial charge in [0.15, 0.2) is 5.65 Å². The first kappa shape index (κ1) is 18.6. The van der Waals surface area contributed by atoms with Crippen molar-refractivity contribution in [1.29, 1.82) is 0 Å². The van der Waals surface area contributed by atoms with E-state index in [9.17, 15) is 9.18 Å². The van der Waals surface area contributed by atoms with Gasteiger partial charge < -0.3 is 15.2 Å². The molecule has 30 heavy (non-hydrogen) atoms. The lowest BCUT2D eigenvalue weighted by Gasteiger charge is -2.38. The highest BCUT2D eigenvalue weighted by Gasteiger charge is 2.34. The number of amides is 1. The summed E-state index contributed by atoms with van der Waals surface area (Å²) in [4.78, 5) is 30.6. The molecule has 1 unspecified atom stereocenters. The van der Waals surface area contributed by atoms with Gasteiger partial charge in [-0.3, -0.25) is 4.79 Å². The van der Waals surface area contributed by atoms with Crippen LogP contribution in [0.2, 0.25) is 0 Å². The van der Waals surface area contributed by atoms with Crippen molar-refractivity contribution < 1.29 is 9.18 Å². The zero-order chi connectivity index (χ0) is 20.5. The summed E-state index contributed by atoms with van der Waals surface area (Å²) in [5, 5.41) is 4.07. The molecule has 1 atom stereocenters. The molecule has 7 nitrogen and oxygen atoms in total. The second-order valence-corrected chi connectivity index (χ2v) is 7.84. The summed E-state index contributed by atoms with van der Waals surface area (Å²) >= 11 is 1.48. The normalized spacial score (nSPS) is 15.8. The molecule has 0 radical (unpaired) electrons. The molecule has 1 aliphatic heterocycles. The van der Waals surface area contributed by atoms with Crippen molar-refractivity contribution in [3.63, 3.8) is 0 Å². The van der Waals surface area contributed by atoms with Crippen molar-refractivity contribution in [1.82, 2.24) is 24.8 Å². The highest BCUT2D eigenvalue weighted by Crippen LogP contribution is 2.32. The molecule has 5 rings (SSSR count). The Hall–Kier alpha value is -3.46. The van der Waals surface area contributed by atoms with E-state index in [-0.39, 0.29) is 17.6 Å². The van der Waals surface area contributed by atoms with Crippen LogP contribution in [0.25, 0.3) is 11.2 Å². The van der Waals surface area contributed by atoms with Crippen LogP contribution in [-0.2, 0) is 6.54 Å². The molecule has 1 amide bonds. The highest BCUT2D eigenvalue weighted by atomic mass is 32.2. The number of imidazole rings is 1. The van der Waals surface area contributed by atoms with E-state index in [0.717, 1.165) is 16.1 Å². The standard InChI is InChI=1S/C21H17FN6OS/c22-14-7-4-8-15-17(14)21(29)28(9-13-5-2-1-3-6-13)16(27-15)10-30-20-18-19(24-11-23-18)25-12-26-20/h1-8,11-12,16,27H,9-10H2,(H,23,24,25,26). The number of benzene rings is 2. The van der Waals surface area contributed by atoms with Crippen molar-refractivity contribution in [2.45, 2.75) is 17.7 Å². The maximum atomic E-state index is 14.4. The van der Waals surface area contributed by atoms with Gasteiger partial charge in [0.05, 0.1) is 17.6 Å². The number of nitrogens with one attached hydrogen (secondary N) is 2. The molecule has 2 N–H and O–H groups in total. The Morgan fingerprint density at radius 2 is 1.93 bits per heavy atom. The van der Waals surface area contributed by atoms with E-state index in [1.807, 2.05) is 30.3 Å². The quantitative estimate of drug-likeness (QED) is 0.378. The summed E-state index contributed by atoms with van der Waals surface area (Å²) in [5.41, 5.74) is 2.90. The predicted molar refractivity (Wildman–Crippen MR) is 113 cm³/mol. The van der Waals surface area contributed by atoms with Crippen LogP contribution in [0.5, 0.6) is 0 Å². The van der Waals surface area contributed by atoms with Crippen molar-refractivity contribution in [2.75, 3.05) is 11.1 Å². The molecule has 0 aliphatic carbocycles. The Labute approximate surface area is 175 Å². The smallest absolute Gasteiger partial charge is 0.260 e. The number of hydrogen-bond acceptors (Lipinski definition) is 6. The minimum atomic E-state index is -0.524. The van der Waals surface area contributed by atoms with Gasteiger partial charge in [-0.05, 0) is 17.7 Å². The van der Waals surface area contributed by atoms with E-state index in [4.69, 9.17) is 0 Å². The van der Waals surface area contributed by atoms with Crippen LogP contribution in [-0.4, -0.2) is 42.7 Å². The maximum absolute atomic E-state index is 14.4. The molecule has 3 heterocycles. The van der Waals surface area contributed by atoms with Gasteiger partial charge in [-0.25, -0.2) is 19.3 Å². The lowest BCUT2D eigenvalue weighted by atomic mass is 10.1. The number of carbonyl (C=O) groups excluding carboxylic acids is 1. The number of aromatic amines is 1. The average Bonchev–Trinajstić information content (AvgIpc) is 3.25. The third-order valence-corrected chi connectivity index (χ3v) is 6.01. The second-order valence-electron chi connectivity index (χ2n) is 6.83. The zero-order valence-corrected chi connectivity index (χ0v) is 16.6. The summed E-state index contributed by atoms with van der Waals surface area (Å²) in [5.74, 6) is -0.338. The van der Waals surface area contributed by atoms with Gasteiger partial charge >= 0.3 is 0 Å². The first-order chi connectivity index (χ1) is 14.7. The van der Waals surface area contributed by atoms with Gasteiger partial charge in [-0.2, -0.15) is 0 Å². The molecule has 0 saturated carbocycles. The summed E-state index contributed by atoms with van der Waals surface area (Å²) in [6, 6.07) is 14.3. The van der Waals surface area contributed by atoms with Gasteiger partial charge in [0, 0.05) is 12.3 Å². The first-order valence-corrected chi connectivity index (χ1v) is 10.4. The van der Waals surface area contributed by atoms with Gasteiger partial charge in [-0.15, -0.1) is 11.8 Å².